The molecule has 1 N–H and O–H groups in total. The van der Waals surface area contributed by atoms with Crippen molar-refractivity contribution in [1.82, 2.24) is 9.80 Å². The van der Waals surface area contributed by atoms with Crippen LogP contribution in [-0.2, 0) is 11.2 Å². The lowest BCUT2D eigenvalue weighted by molar-refractivity contribution is -0.127. The summed E-state index contributed by atoms with van der Waals surface area (Å²) in [6, 6.07) is 3.30. The molecule has 0 spiro atoms. The van der Waals surface area contributed by atoms with Crippen molar-refractivity contribution in [3.05, 3.63) is 53.6 Å². The van der Waals surface area contributed by atoms with Crippen molar-refractivity contribution in [2.75, 3.05) is 32.5 Å². The van der Waals surface area contributed by atoms with Gasteiger partial charge in [0.25, 0.3) is 0 Å². The van der Waals surface area contributed by atoms with Gasteiger partial charge in [-0.3, -0.25) is 9.79 Å². The molecule has 2 saturated heterocycles. The number of halogens is 4. The summed E-state index contributed by atoms with van der Waals surface area (Å²) >= 11 is 0. The summed E-state index contributed by atoms with van der Waals surface area (Å²) < 4.78 is 55.6. The second kappa shape index (κ2) is 9.52. The van der Waals surface area contributed by atoms with Gasteiger partial charge in [-0.25, -0.2) is 4.39 Å². The number of nitrogens with zero attached hydrogens (tertiary/aromatic N) is 3. The monoisotopic (exact) mass is 478 g/mol. The number of hydrogen-bond acceptors (Lipinski definition) is 4. The van der Waals surface area contributed by atoms with E-state index < -0.39 is 30.0 Å². The fraction of sp³-hybridized carbons (Fsp3) is 0.520. The van der Waals surface area contributed by atoms with Crippen LogP contribution in [0.5, 0.6) is 0 Å². The largest absolute Gasteiger partial charge is 0.414 e. The molecule has 1 amide bonds. The van der Waals surface area contributed by atoms with E-state index in [1.54, 1.807) is 36.2 Å². The lowest BCUT2D eigenvalue weighted by atomic mass is 9.87. The minimum Gasteiger partial charge on any atom is -0.379 e. The first kappa shape index (κ1) is 24.4. The standard InChI is InChI=1S/C25H30F4N4O/c1-15(25(27,28)29)24-18-5-4-6-21(31-22-11-12-32(2)14-20(22)26)19(18)13-16(30-24)7-8-17-9-10-23(34)33(17)3/h4-8,17,20,22,24,31H,1,9-14H2,2-3H3/b8-7+/t17?,20-,22+,24?/m0/s1. The van der Waals surface area contributed by atoms with Gasteiger partial charge in [0.15, 0.2) is 0 Å². The van der Waals surface area contributed by atoms with Crippen LogP contribution in [0.1, 0.15) is 36.4 Å². The predicted octanol–water partition coefficient (Wildman–Crippen LogP) is 4.47. The molecule has 0 radical (unpaired) electrons. The maximum atomic E-state index is 14.7. The Morgan fingerprint density at radius 2 is 2.03 bits per heavy atom. The van der Waals surface area contributed by atoms with Crippen LogP contribution in [0.2, 0.25) is 0 Å². The van der Waals surface area contributed by atoms with E-state index in [-0.39, 0.29) is 11.9 Å². The van der Waals surface area contributed by atoms with Crippen molar-refractivity contribution in [3.8, 4) is 0 Å². The maximum Gasteiger partial charge on any atom is 0.414 e. The Morgan fingerprint density at radius 1 is 1.26 bits per heavy atom. The fourth-order valence-electron chi connectivity index (χ4n) is 4.87. The zero-order valence-corrected chi connectivity index (χ0v) is 19.4. The molecule has 3 aliphatic heterocycles. The van der Waals surface area contributed by atoms with Crippen molar-refractivity contribution in [1.29, 1.82) is 0 Å². The average molecular weight is 479 g/mol. The lowest BCUT2D eigenvalue weighted by Gasteiger charge is -2.35. The lowest BCUT2D eigenvalue weighted by Crippen LogP contribution is -2.46. The summed E-state index contributed by atoms with van der Waals surface area (Å²) in [6.45, 7) is 4.36. The predicted molar refractivity (Wildman–Crippen MR) is 125 cm³/mol. The van der Waals surface area contributed by atoms with Crippen molar-refractivity contribution in [2.24, 2.45) is 4.99 Å². The number of alkyl halides is 4. The highest BCUT2D eigenvalue weighted by Crippen LogP contribution is 2.42. The zero-order chi connectivity index (χ0) is 24.6. The van der Waals surface area contributed by atoms with Crippen LogP contribution in [0, 0.1) is 0 Å². The molecule has 5 nitrogen and oxygen atoms in total. The van der Waals surface area contributed by atoms with Gasteiger partial charge in [0, 0.05) is 44.4 Å². The third kappa shape index (κ3) is 5.04. The molecular weight excluding hydrogens is 448 g/mol. The summed E-state index contributed by atoms with van der Waals surface area (Å²) in [7, 11) is 3.58. The highest BCUT2D eigenvalue weighted by molar-refractivity contribution is 5.99. The maximum absolute atomic E-state index is 14.7. The number of piperidine rings is 1. The van der Waals surface area contributed by atoms with Crippen molar-refractivity contribution in [2.45, 2.75) is 56.2 Å². The highest BCUT2D eigenvalue weighted by Gasteiger charge is 2.40. The number of rotatable bonds is 5. The van der Waals surface area contributed by atoms with Gasteiger partial charge in [0.2, 0.25) is 5.91 Å². The smallest absolute Gasteiger partial charge is 0.379 e. The summed E-state index contributed by atoms with van der Waals surface area (Å²) in [5, 5.41) is 3.26. The van der Waals surface area contributed by atoms with E-state index in [4.69, 9.17) is 0 Å². The van der Waals surface area contributed by atoms with E-state index in [1.807, 2.05) is 18.0 Å². The number of fused-ring (bicyclic) bond motifs is 1. The number of likely N-dealkylation sites (tertiary alicyclic amines) is 2. The molecule has 1 aromatic carbocycles. The molecule has 0 aliphatic carbocycles. The normalized spacial score (nSPS) is 28.2. The number of nitrogens with one attached hydrogen (secondary N) is 1. The molecule has 0 aromatic heterocycles. The molecule has 0 bridgehead atoms. The van der Waals surface area contributed by atoms with Crippen molar-refractivity contribution < 1.29 is 22.4 Å². The van der Waals surface area contributed by atoms with E-state index in [2.05, 4.69) is 16.9 Å². The summed E-state index contributed by atoms with van der Waals surface area (Å²) in [6.07, 6.45) is -0.123. The molecule has 2 unspecified atom stereocenters. The van der Waals surface area contributed by atoms with Gasteiger partial charge in [0.05, 0.1) is 17.7 Å². The summed E-state index contributed by atoms with van der Waals surface area (Å²) in [5.74, 6) is 0.0410. The van der Waals surface area contributed by atoms with Crippen LogP contribution < -0.4 is 5.32 Å². The number of hydrogen-bond donors (Lipinski definition) is 1. The van der Waals surface area contributed by atoms with Gasteiger partial charge in [0.1, 0.15) is 12.2 Å². The Morgan fingerprint density at radius 3 is 2.68 bits per heavy atom. The van der Waals surface area contributed by atoms with E-state index >= 15 is 0 Å². The second-order valence-electron chi connectivity index (χ2n) is 9.38. The Hall–Kier alpha value is -2.68. The molecule has 2 fully saturated rings. The minimum atomic E-state index is -4.60. The molecular formula is C25H30F4N4O. The number of amides is 1. The van der Waals surface area contributed by atoms with Crippen molar-refractivity contribution >= 4 is 17.3 Å². The van der Waals surface area contributed by atoms with Crippen LogP contribution in [-0.4, -0.2) is 73.0 Å². The van der Waals surface area contributed by atoms with Crippen LogP contribution in [0.3, 0.4) is 0 Å². The summed E-state index contributed by atoms with van der Waals surface area (Å²) in [5.41, 5.74) is 1.27. The van der Waals surface area contributed by atoms with Gasteiger partial charge >= 0.3 is 6.18 Å². The molecule has 3 heterocycles. The zero-order valence-electron chi connectivity index (χ0n) is 19.4. The molecule has 1 aromatic rings. The first-order valence-corrected chi connectivity index (χ1v) is 11.5. The van der Waals surface area contributed by atoms with E-state index in [0.717, 1.165) is 6.54 Å². The summed E-state index contributed by atoms with van der Waals surface area (Å²) in [4.78, 5) is 19.8. The minimum absolute atomic E-state index is 0.0410. The molecule has 3 aliphatic rings. The molecule has 0 saturated carbocycles. The number of likely N-dealkylation sites (N-methyl/N-ethyl adjacent to an activating group) is 1. The van der Waals surface area contributed by atoms with E-state index in [9.17, 15) is 22.4 Å². The molecule has 4 rings (SSSR count). The van der Waals surface area contributed by atoms with Gasteiger partial charge in [-0.2, -0.15) is 13.2 Å². The fourth-order valence-corrected chi connectivity index (χ4v) is 4.87. The van der Waals surface area contributed by atoms with Crippen LogP contribution in [0.15, 0.2) is 47.5 Å². The number of carbonyl (C=O) groups excluding carboxylic acids is 1. The second-order valence-corrected chi connectivity index (χ2v) is 9.38. The Bertz CT molecular complexity index is 1020. The molecule has 34 heavy (non-hydrogen) atoms. The Kier molecular flexibility index (Phi) is 6.85. The number of allylic oxidation sites excluding steroid dienone is 1. The topological polar surface area (TPSA) is 47.9 Å². The van der Waals surface area contributed by atoms with E-state index in [0.29, 0.717) is 54.8 Å². The molecule has 4 atom stereocenters. The number of carbonyl (C=O) groups is 1. The number of anilines is 1. The van der Waals surface area contributed by atoms with Crippen LogP contribution in [0.25, 0.3) is 0 Å². The third-order valence-electron chi connectivity index (χ3n) is 6.99. The van der Waals surface area contributed by atoms with Crippen molar-refractivity contribution in [3.63, 3.8) is 0 Å². The van der Waals surface area contributed by atoms with Gasteiger partial charge in [-0.15, -0.1) is 0 Å². The molecule has 184 valence electrons. The highest BCUT2D eigenvalue weighted by atomic mass is 19.4. The molecule has 9 heteroatoms. The third-order valence-corrected chi connectivity index (χ3v) is 6.99. The van der Waals surface area contributed by atoms with Gasteiger partial charge in [-0.05, 0) is 43.2 Å². The Balaban J connectivity index is 1.65. The first-order valence-electron chi connectivity index (χ1n) is 11.5. The first-order chi connectivity index (χ1) is 16.0. The van der Waals surface area contributed by atoms with E-state index in [1.165, 1.54) is 0 Å². The van der Waals surface area contributed by atoms with Crippen LogP contribution >= 0.6 is 0 Å². The van der Waals surface area contributed by atoms with Gasteiger partial charge < -0.3 is 15.1 Å². The van der Waals surface area contributed by atoms with Crippen LogP contribution in [0.4, 0.5) is 23.2 Å². The number of benzene rings is 1. The Labute approximate surface area is 197 Å². The quantitative estimate of drug-likeness (QED) is 0.502. The number of aliphatic imine (C=N–C) groups is 1. The van der Waals surface area contributed by atoms with Gasteiger partial charge in [-0.1, -0.05) is 24.8 Å². The SMILES string of the molecule is C=C(C1N=C(/C=C/C2CCC(=O)N2C)Cc2c(N[C@@H]3CCN(C)C[C@@H]3F)cccc21)C(F)(F)F. The average Bonchev–Trinajstić information content (AvgIpc) is 3.10.